The van der Waals surface area contributed by atoms with Gasteiger partial charge in [0.15, 0.2) is 0 Å². The Hall–Kier alpha value is -0.330. The van der Waals surface area contributed by atoms with Crippen molar-refractivity contribution in [2.24, 2.45) is 0 Å². The first kappa shape index (κ1) is 15.7. The van der Waals surface area contributed by atoms with Gasteiger partial charge in [0.05, 0.1) is 6.61 Å². The SMILES string of the molecule is O=S(=O)(O)C(O)[C@@H](O)[C@@H](O)[C@H](O)[C@H](O)CO. The van der Waals surface area contributed by atoms with E-state index in [4.69, 9.17) is 35.2 Å². The molecule has 0 aromatic carbocycles. The number of aliphatic hydroxyl groups excluding tert-OH is 6. The van der Waals surface area contributed by atoms with Crippen molar-refractivity contribution in [3.8, 4) is 0 Å². The minimum Gasteiger partial charge on any atom is -0.394 e. The predicted octanol–water partition coefficient (Wildman–Crippen LogP) is -4.37. The van der Waals surface area contributed by atoms with E-state index < -0.39 is 46.6 Å². The average molecular weight is 262 g/mol. The van der Waals surface area contributed by atoms with Crippen LogP contribution < -0.4 is 0 Å². The third kappa shape index (κ3) is 3.92. The summed E-state index contributed by atoms with van der Waals surface area (Å²) in [6.07, 6.45) is -8.63. The van der Waals surface area contributed by atoms with Gasteiger partial charge in [-0.15, -0.1) is 0 Å². The van der Waals surface area contributed by atoms with E-state index in [-0.39, 0.29) is 0 Å². The van der Waals surface area contributed by atoms with Crippen molar-refractivity contribution in [2.75, 3.05) is 6.61 Å². The molecule has 7 N–H and O–H groups in total. The van der Waals surface area contributed by atoms with Crippen molar-refractivity contribution in [3.05, 3.63) is 0 Å². The van der Waals surface area contributed by atoms with Gasteiger partial charge in [-0.05, 0) is 0 Å². The second kappa shape index (κ2) is 5.84. The molecule has 9 nitrogen and oxygen atoms in total. The lowest BCUT2D eigenvalue weighted by atomic mass is 10.0. The van der Waals surface area contributed by atoms with E-state index in [1.165, 1.54) is 0 Å². The molecular weight excluding hydrogens is 248 g/mol. The van der Waals surface area contributed by atoms with Crippen LogP contribution in [0.25, 0.3) is 0 Å². The highest BCUT2D eigenvalue weighted by atomic mass is 32.2. The van der Waals surface area contributed by atoms with Gasteiger partial charge in [-0.2, -0.15) is 8.42 Å². The maximum absolute atomic E-state index is 10.4. The third-order valence-corrected chi connectivity index (χ3v) is 2.77. The highest BCUT2D eigenvalue weighted by Gasteiger charge is 2.39. The Bertz CT molecular complexity index is 301. The van der Waals surface area contributed by atoms with E-state index >= 15 is 0 Å². The zero-order valence-electron chi connectivity index (χ0n) is 7.95. The van der Waals surface area contributed by atoms with Gasteiger partial charge >= 0.3 is 0 Å². The first-order chi connectivity index (χ1) is 7.12. The molecule has 0 aromatic heterocycles. The zero-order valence-corrected chi connectivity index (χ0v) is 8.77. The van der Waals surface area contributed by atoms with Crippen molar-refractivity contribution in [1.29, 1.82) is 0 Å². The maximum atomic E-state index is 10.4. The highest BCUT2D eigenvalue weighted by Crippen LogP contribution is 2.11. The molecule has 0 saturated carbocycles. The average Bonchev–Trinajstić information content (AvgIpc) is 2.22. The lowest BCUT2D eigenvalue weighted by Crippen LogP contribution is -2.51. The molecule has 0 aliphatic rings. The predicted molar refractivity (Wildman–Crippen MR) is 48.7 cm³/mol. The zero-order chi connectivity index (χ0) is 13.1. The van der Waals surface area contributed by atoms with Crippen LogP contribution in [0.2, 0.25) is 0 Å². The number of hydrogen-bond donors (Lipinski definition) is 7. The molecule has 0 radical (unpaired) electrons. The van der Waals surface area contributed by atoms with Crippen molar-refractivity contribution in [2.45, 2.75) is 29.9 Å². The van der Waals surface area contributed by atoms with Crippen LogP contribution in [0.3, 0.4) is 0 Å². The van der Waals surface area contributed by atoms with E-state index in [1.54, 1.807) is 0 Å². The second-order valence-electron chi connectivity index (χ2n) is 3.13. The summed E-state index contributed by atoms with van der Waals surface area (Å²) in [5.74, 6) is 0. The van der Waals surface area contributed by atoms with Gasteiger partial charge in [0.2, 0.25) is 5.44 Å². The van der Waals surface area contributed by atoms with E-state index in [1.807, 2.05) is 0 Å². The summed E-state index contributed by atoms with van der Waals surface area (Å²) in [7, 11) is -5.02. The van der Waals surface area contributed by atoms with Gasteiger partial charge in [0, 0.05) is 0 Å². The Labute approximate surface area is 91.0 Å². The van der Waals surface area contributed by atoms with Crippen molar-refractivity contribution >= 4 is 10.1 Å². The number of hydrogen-bond acceptors (Lipinski definition) is 8. The van der Waals surface area contributed by atoms with Crippen LogP contribution in [0.4, 0.5) is 0 Å². The topological polar surface area (TPSA) is 176 Å². The van der Waals surface area contributed by atoms with Gasteiger partial charge in [-0.3, -0.25) is 4.55 Å². The van der Waals surface area contributed by atoms with E-state index in [0.717, 1.165) is 0 Å². The van der Waals surface area contributed by atoms with Gasteiger partial charge in [0.25, 0.3) is 10.1 Å². The fraction of sp³-hybridized carbons (Fsp3) is 1.00. The van der Waals surface area contributed by atoms with E-state index in [2.05, 4.69) is 0 Å². The Balaban J connectivity index is 4.67. The molecule has 98 valence electrons. The summed E-state index contributed by atoms with van der Waals surface area (Å²) in [4.78, 5) is 0. The molecule has 0 saturated heterocycles. The third-order valence-electron chi connectivity index (χ3n) is 1.88. The molecule has 16 heavy (non-hydrogen) atoms. The van der Waals surface area contributed by atoms with Crippen molar-refractivity contribution in [3.63, 3.8) is 0 Å². The monoisotopic (exact) mass is 262 g/mol. The normalized spacial score (nSPS) is 22.2. The van der Waals surface area contributed by atoms with Crippen LogP contribution in [-0.2, 0) is 10.1 Å². The standard InChI is InChI=1S/C6H14O9S/c7-1-2(8)3(9)4(10)5(11)6(12)16(13,14)15/h2-12H,1H2,(H,13,14,15)/t2-,3-,4+,5+,6?/m1/s1. The molecule has 0 amide bonds. The summed E-state index contributed by atoms with van der Waals surface area (Å²) in [6, 6.07) is 0. The van der Waals surface area contributed by atoms with Crippen LogP contribution in [0.15, 0.2) is 0 Å². The minimum absolute atomic E-state index is 0.951. The fourth-order valence-corrected chi connectivity index (χ4v) is 1.40. The van der Waals surface area contributed by atoms with E-state index in [9.17, 15) is 8.42 Å². The summed E-state index contributed by atoms with van der Waals surface area (Å²) in [5, 5.41) is 53.3. The van der Waals surface area contributed by atoms with Gasteiger partial charge < -0.3 is 30.6 Å². The first-order valence-electron chi connectivity index (χ1n) is 4.10. The molecule has 5 atom stereocenters. The summed E-state index contributed by atoms with van der Waals surface area (Å²) >= 11 is 0. The molecule has 1 unspecified atom stereocenters. The first-order valence-corrected chi connectivity index (χ1v) is 5.60. The Morgan fingerprint density at radius 3 is 1.62 bits per heavy atom. The molecule has 10 heteroatoms. The molecule has 0 aliphatic heterocycles. The van der Waals surface area contributed by atoms with Crippen LogP contribution in [0, 0.1) is 0 Å². The molecule has 0 spiro atoms. The Kier molecular flexibility index (Phi) is 5.72. The maximum Gasteiger partial charge on any atom is 0.294 e. The van der Waals surface area contributed by atoms with E-state index in [0.29, 0.717) is 0 Å². The molecule has 0 fully saturated rings. The molecule has 0 bridgehead atoms. The van der Waals surface area contributed by atoms with Crippen molar-refractivity contribution < 1.29 is 43.6 Å². The summed E-state index contributed by atoms with van der Waals surface area (Å²) < 4.78 is 29.1. The van der Waals surface area contributed by atoms with Crippen LogP contribution >= 0.6 is 0 Å². The summed E-state index contributed by atoms with van der Waals surface area (Å²) in [6.45, 7) is -0.951. The van der Waals surface area contributed by atoms with Crippen LogP contribution in [0.5, 0.6) is 0 Å². The molecule has 0 aliphatic carbocycles. The van der Waals surface area contributed by atoms with Crippen LogP contribution in [-0.4, -0.2) is 80.1 Å². The molecule has 0 rings (SSSR count). The molecular formula is C6H14O9S. The largest absolute Gasteiger partial charge is 0.394 e. The smallest absolute Gasteiger partial charge is 0.294 e. The van der Waals surface area contributed by atoms with Gasteiger partial charge in [-0.25, -0.2) is 0 Å². The van der Waals surface area contributed by atoms with Gasteiger partial charge in [0.1, 0.15) is 24.4 Å². The molecule has 0 aromatic rings. The lowest BCUT2D eigenvalue weighted by molar-refractivity contribution is -0.129. The minimum atomic E-state index is -5.02. The van der Waals surface area contributed by atoms with Crippen LogP contribution in [0.1, 0.15) is 0 Å². The Morgan fingerprint density at radius 1 is 0.875 bits per heavy atom. The highest BCUT2D eigenvalue weighted by molar-refractivity contribution is 7.86. The summed E-state index contributed by atoms with van der Waals surface area (Å²) in [5.41, 5.74) is -2.73. The van der Waals surface area contributed by atoms with Gasteiger partial charge in [-0.1, -0.05) is 0 Å². The molecule has 0 heterocycles. The number of aliphatic hydroxyl groups is 6. The lowest BCUT2D eigenvalue weighted by Gasteiger charge is -2.27. The Morgan fingerprint density at radius 2 is 1.31 bits per heavy atom. The second-order valence-corrected chi connectivity index (χ2v) is 4.64. The van der Waals surface area contributed by atoms with Crippen molar-refractivity contribution in [1.82, 2.24) is 0 Å². The number of rotatable bonds is 6. The fourth-order valence-electron chi connectivity index (χ4n) is 0.882. The quantitative estimate of drug-likeness (QED) is 0.233.